The number of benzene rings is 1. The Morgan fingerprint density at radius 2 is 1.89 bits per heavy atom. The van der Waals surface area contributed by atoms with E-state index in [0.29, 0.717) is 5.92 Å². The topological polar surface area (TPSA) is 47.7 Å². The van der Waals surface area contributed by atoms with Crippen LogP contribution in [0, 0.1) is 5.92 Å². The lowest BCUT2D eigenvalue weighted by atomic mass is 10.1. The van der Waals surface area contributed by atoms with Gasteiger partial charge in [-0.2, -0.15) is 0 Å². The molecule has 2 rings (SSSR count). The second-order valence-corrected chi connectivity index (χ2v) is 5.99. The Bertz CT molecular complexity index is 443. The first-order valence-electron chi connectivity index (χ1n) is 6.43. The molecule has 106 valence electrons. The third kappa shape index (κ3) is 3.22. The van der Waals surface area contributed by atoms with Crippen molar-refractivity contribution < 1.29 is 9.47 Å². The first-order valence-corrected chi connectivity index (χ1v) is 7.22. The Morgan fingerprint density at radius 3 is 2.42 bits per heavy atom. The van der Waals surface area contributed by atoms with E-state index in [1.165, 1.54) is 5.56 Å². The molecule has 5 heteroatoms. The van der Waals surface area contributed by atoms with Crippen LogP contribution in [0.15, 0.2) is 16.6 Å². The standard InChI is InChI=1S/C14H21BrN2O2/c1-9-6-17(8-12(9)16)7-10-4-13(18-2)14(19-3)5-11(10)15/h4-5,9,12H,6-8,16H2,1-3H3. The molecule has 2 atom stereocenters. The SMILES string of the molecule is COc1cc(Br)c(CN2CC(C)C(N)C2)cc1OC. The van der Waals surface area contributed by atoms with Crippen molar-refractivity contribution in [3.05, 3.63) is 22.2 Å². The van der Waals surface area contributed by atoms with E-state index in [4.69, 9.17) is 15.2 Å². The average molecular weight is 329 g/mol. The number of methoxy groups -OCH3 is 2. The smallest absolute Gasteiger partial charge is 0.161 e. The van der Waals surface area contributed by atoms with Crippen LogP contribution < -0.4 is 15.2 Å². The van der Waals surface area contributed by atoms with Gasteiger partial charge in [0.2, 0.25) is 0 Å². The van der Waals surface area contributed by atoms with Crippen molar-refractivity contribution in [2.75, 3.05) is 27.3 Å². The molecule has 0 aliphatic carbocycles. The molecule has 0 spiro atoms. The van der Waals surface area contributed by atoms with Gasteiger partial charge in [0.05, 0.1) is 14.2 Å². The lowest BCUT2D eigenvalue weighted by Crippen LogP contribution is -2.28. The van der Waals surface area contributed by atoms with Crippen molar-refractivity contribution in [1.82, 2.24) is 4.90 Å². The molecule has 0 aromatic heterocycles. The van der Waals surface area contributed by atoms with Crippen molar-refractivity contribution in [2.45, 2.75) is 19.5 Å². The molecule has 0 bridgehead atoms. The lowest BCUT2D eigenvalue weighted by Gasteiger charge is -2.18. The van der Waals surface area contributed by atoms with Crippen LogP contribution in [0.4, 0.5) is 0 Å². The van der Waals surface area contributed by atoms with Crippen LogP contribution in [-0.4, -0.2) is 38.3 Å². The lowest BCUT2D eigenvalue weighted by molar-refractivity contribution is 0.315. The van der Waals surface area contributed by atoms with Crippen LogP contribution in [0.2, 0.25) is 0 Å². The zero-order chi connectivity index (χ0) is 14.0. The first kappa shape index (κ1) is 14.6. The summed E-state index contributed by atoms with van der Waals surface area (Å²) in [5.74, 6) is 2.06. The highest BCUT2D eigenvalue weighted by Gasteiger charge is 2.27. The fraction of sp³-hybridized carbons (Fsp3) is 0.571. The molecule has 1 saturated heterocycles. The number of hydrogen-bond acceptors (Lipinski definition) is 4. The molecular weight excluding hydrogens is 308 g/mol. The molecule has 1 fully saturated rings. The minimum atomic E-state index is 0.277. The monoisotopic (exact) mass is 328 g/mol. The van der Waals surface area contributed by atoms with Gasteiger partial charge in [-0.25, -0.2) is 0 Å². The first-order chi connectivity index (χ1) is 9.05. The fourth-order valence-corrected chi connectivity index (χ4v) is 2.93. The minimum Gasteiger partial charge on any atom is -0.493 e. The summed E-state index contributed by atoms with van der Waals surface area (Å²) in [7, 11) is 3.30. The molecule has 2 N–H and O–H groups in total. The van der Waals surface area contributed by atoms with Crippen molar-refractivity contribution in [3.8, 4) is 11.5 Å². The van der Waals surface area contributed by atoms with E-state index in [1.807, 2.05) is 12.1 Å². The molecule has 0 radical (unpaired) electrons. The van der Waals surface area contributed by atoms with Gasteiger partial charge in [0.1, 0.15) is 0 Å². The number of halogens is 1. The summed E-state index contributed by atoms with van der Waals surface area (Å²) in [4.78, 5) is 2.38. The van der Waals surface area contributed by atoms with Gasteiger partial charge in [-0.3, -0.25) is 4.90 Å². The second kappa shape index (κ2) is 6.11. The zero-order valence-corrected chi connectivity index (χ0v) is 13.2. The Kier molecular flexibility index (Phi) is 4.71. The van der Waals surface area contributed by atoms with Crippen molar-refractivity contribution >= 4 is 15.9 Å². The Balaban J connectivity index is 2.16. The average Bonchev–Trinajstić information content (AvgIpc) is 2.70. The van der Waals surface area contributed by atoms with E-state index in [0.717, 1.165) is 35.6 Å². The third-order valence-electron chi connectivity index (χ3n) is 3.69. The van der Waals surface area contributed by atoms with Crippen LogP contribution in [0.3, 0.4) is 0 Å². The third-order valence-corrected chi connectivity index (χ3v) is 4.43. The van der Waals surface area contributed by atoms with Crippen LogP contribution in [-0.2, 0) is 6.54 Å². The highest BCUT2D eigenvalue weighted by Crippen LogP contribution is 2.34. The molecule has 1 aliphatic rings. The van der Waals surface area contributed by atoms with Crippen molar-refractivity contribution in [3.63, 3.8) is 0 Å². The van der Waals surface area contributed by atoms with E-state index in [1.54, 1.807) is 14.2 Å². The number of nitrogens with zero attached hydrogens (tertiary/aromatic N) is 1. The molecule has 0 amide bonds. The highest BCUT2D eigenvalue weighted by molar-refractivity contribution is 9.10. The van der Waals surface area contributed by atoms with Crippen molar-refractivity contribution in [2.24, 2.45) is 11.7 Å². The summed E-state index contributed by atoms with van der Waals surface area (Å²) >= 11 is 3.60. The molecule has 1 aliphatic heterocycles. The van der Waals surface area contributed by atoms with Crippen LogP contribution in [0.1, 0.15) is 12.5 Å². The molecule has 1 aromatic rings. The predicted octanol–water partition coefficient (Wildman–Crippen LogP) is 2.25. The van der Waals surface area contributed by atoms with Crippen molar-refractivity contribution in [1.29, 1.82) is 0 Å². The van der Waals surface area contributed by atoms with E-state index in [2.05, 4.69) is 27.8 Å². The molecule has 19 heavy (non-hydrogen) atoms. The molecule has 1 heterocycles. The summed E-state index contributed by atoms with van der Waals surface area (Å²) in [5, 5.41) is 0. The van der Waals surface area contributed by atoms with Gasteiger partial charge < -0.3 is 15.2 Å². The maximum absolute atomic E-state index is 6.06. The second-order valence-electron chi connectivity index (χ2n) is 5.13. The maximum atomic E-state index is 6.06. The fourth-order valence-electron chi connectivity index (χ4n) is 2.48. The number of rotatable bonds is 4. The van der Waals surface area contributed by atoms with Gasteiger partial charge in [0.25, 0.3) is 0 Å². The van der Waals surface area contributed by atoms with Crippen LogP contribution in [0.25, 0.3) is 0 Å². The molecule has 1 aromatic carbocycles. The number of hydrogen-bond donors (Lipinski definition) is 1. The predicted molar refractivity (Wildman–Crippen MR) is 79.7 cm³/mol. The highest BCUT2D eigenvalue weighted by atomic mass is 79.9. The van der Waals surface area contributed by atoms with Gasteiger partial charge in [0.15, 0.2) is 11.5 Å². The molecule has 4 nitrogen and oxygen atoms in total. The van der Waals surface area contributed by atoms with E-state index in [-0.39, 0.29) is 6.04 Å². The zero-order valence-electron chi connectivity index (χ0n) is 11.6. The number of likely N-dealkylation sites (tertiary alicyclic amines) is 1. The summed E-state index contributed by atoms with van der Waals surface area (Å²) in [6, 6.07) is 4.25. The van der Waals surface area contributed by atoms with Gasteiger partial charge in [-0.1, -0.05) is 22.9 Å². The summed E-state index contributed by atoms with van der Waals surface area (Å²) < 4.78 is 11.7. The molecule has 0 saturated carbocycles. The number of ether oxygens (including phenoxy) is 2. The van der Waals surface area contributed by atoms with Crippen LogP contribution in [0.5, 0.6) is 11.5 Å². The molecular formula is C14H21BrN2O2. The van der Waals surface area contributed by atoms with Gasteiger partial charge in [0, 0.05) is 30.1 Å². The summed E-state index contributed by atoms with van der Waals surface area (Å²) in [6.45, 7) is 5.07. The summed E-state index contributed by atoms with van der Waals surface area (Å²) in [5.41, 5.74) is 7.26. The molecule has 2 unspecified atom stereocenters. The minimum absolute atomic E-state index is 0.277. The largest absolute Gasteiger partial charge is 0.493 e. The van der Waals surface area contributed by atoms with Gasteiger partial charge >= 0.3 is 0 Å². The Labute approximate surface area is 123 Å². The quantitative estimate of drug-likeness (QED) is 0.920. The summed E-state index contributed by atoms with van der Waals surface area (Å²) in [6.07, 6.45) is 0. The van der Waals surface area contributed by atoms with Crippen LogP contribution >= 0.6 is 15.9 Å². The maximum Gasteiger partial charge on any atom is 0.161 e. The van der Waals surface area contributed by atoms with E-state index in [9.17, 15) is 0 Å². The van der Waals surface area contributed by atoms with Gasteiger partial charge in [-0.15, -0.1) is 0 Å². The van der Waals surface area contributed by atoms with E-state index < -0.39 is 0 Å². The number of nitrogens with two attached hydrogens (primary N) is 1. The van der Waals surface area contributed by atoms with E-state index >= 15 is 0 Å². The normalized spacial score (nSPS) is 23.6. The Morgan fingerprint density at radius 1 is 1.26 bits per heavy atom. The van der Waals surface area contributed by atoms with Gasteiger partial charge in [-0.05, 0) is 23.6 Å². The Hall–Kier alpha value is -0.780.